The van der Waals surface area contributed by atoms with Gasteiger partial charge in [-0.1, -0.05) is 183 Å². The van der Waals surface area contributed by atoms with Crippen molar-refractivity contribution in [2.75, 3.05) is 13.2 Å². The lowest BCUT2D eigenvalue weighted by atomic mass is 9.98. The average Bonchev–Trinajstić information content (AvgIpc) is 3.33. The number of carboxylic acid groups (broad SMARTS) is 1. The van der Waals surface area contributed by atoms with E-state index in [9.17, 15) is 34.5 Å². The number of rotatable bonds is 43. The zero-order valence-corrected chi connectivity index (χ0v) is 42.8. The lowest BCUT2D eigenvalue weighted by Gasteiger charge is -2.40. The molecular weight excluding hydrogens is 877 g/mol. The third-order valence-electron chi connectivity index (χ3n) is 11.4. The van der Waals surface area contributed by atoms with Gasteiger partial charge in [0.05, 0.1) is 6.61 Å². The van der Waals surface area contributed by atoms with Gasteiger partial charge in [-0.3, -0.25) is 14.4 Å². The minimum absolute atomic E-state index is 0.0362. The maximum Gasteiger partial charge on any atom is 0.335 e. The summed E-state index contributed by atoms with van der Waals surface area (Å²) in [5.74, 6) is -3.23. The Balaban J connectivity index is 2.75. The molecule has 6 atom stereocenters. The van der Waals surface area contributed by atoms with Gasteiger partial charge in [0.25, 0.3) is 0 Å². The maximum atomic E-state index is 13.0. The molecule has 0 saturated carbocycles. The van der Waals surface area contributed by atoms with Crippen LogP contribution in [0.4, 0.5) is 0 Å². The number of carboxylic acids is 1. The molecule has 69 heavy (non-hydrogen) atoms. The Hall–Kier alpha value is -4.10. The Morgan fingerprint density at radius 1 is 0.493 bits per heavy atom. The number of allylic oxidation sites excluding steroid dienone is 14. The van der Waals surface area contributed by atoms with Crippen molar-refractivity contribution in [3.8, 4) is 0 Å². The van der Waals surface area contributed by atoms with E-state index in [0.29, 0.717) is 25.7 Å². The first-order chi connectivity index (χ1) is 33.6. The van der Waals surface area contributed by atoms with Gasteiger partial charge in [0, 0.05) is 19.3 Å². The molecule has 392 valence electrons. The van der Waals surface area contributed by atoms with Gasteiger partial charge in [0.15, 0.2) is 24.6 Å². The number of aliphatic hydroxyl groups is 2. The van der Waals surface area contributed by atoms with Crippen molar-refractivity contribution in [1.29, 1.82) is 0 Å². The van der Waals surface area contributed by atoms with Crippen LogP contribution in [0.3, 0.4) is 0 Å². The Morgan fingerprint density at radius 3 is 1.49 bits per heavy atom. The quantitative estimate of drug-likeness (QED) is 0.0229. The fraction of sp³-hybridized carbons (Fsp3) is 0.684. The standard InChI is InChI=1S/C57H92O12/c1-4-7-10-13-16-19-21-23-24-25-26-28-29-32-34-37-40-43-49(58)65-46-48(67-50(59)44-41-38-35-31-18-15-12-9-6-3)47-66-57-55(53(62)52(61)54(69-57)56(63)64)68-51(60)45-42-39-36-33-30-27-22-20-17-14-11-8-5-2/h7,10-11,14,16,19-20,22-24,26,28,32,34,48,52-55,57,61-62H,4-6,8-9,12-13,15,17-18,21,25,27,29-31,33,35-47H2,1-3H3,(H,63,64)/b10-7-,14-11-,19-16-,22-20-,24-23-,28-26-,34-32-. The number of aliphatic carboxylic acids is 1. The average molecular weight is 969 g/mol. The van der Waals surface area contributed by atoms with Gasteiger partial charge in [-0.15, -0.1) is 0 Å². The van der Waals surface area contributed by atoms with Gasteiger partial charge in [0.1, 0.15) is 18.8 Å². The highest BCUT2D eigenvalue weighted by molar-refractivity contribution is 5.74. The molecule has 12 heteroatoms. The number of hydrogen-bond acceptors (Lipinski definition) is 11. The molecule has 0 aromatic rings. The number of ether oxygens (including phenoxy) is 5. The zero-order valence-electron chi connectivity index (χ0n) is 42.8. The molecule has 0 bridgehead atoms. The third-order valence-corrected chi connectivity index (χ3v) is 11.4. The summed E-state index contributed by atoms with van der Waals surface area (Å²) in [5.41, 5.74) is 0. The summed E-state index contributed by atoms with van der Waals surface area (Å²) >= 11 is 0. The second-order valence-corrected chi connectivity index (χ2v) is 17.8. The zero-order chi connectivity index (χ0) is 50.4. The number of hydrogen-bond donors (Lipinski definition) is 3. The number of unbranched alkanes of at least 4 members (excludes halogenated alkanes) is 15. The summed E-state index contributed by atoms with van der Waals surface area (Å²) in [6.45, 7) is 5.70. The molecule has 0 aromatic carbocycles. The highest BCUT2D eigenvalue weighted by Crippen LogP contribution is 2.26. The molecule has 1 fully saturated rings. The van der Waals surface area contributed by atoms with Crippen LogP contribution in [-0.4, -0.2) is 89.2 Å². The largest absolute Gasteiger partial charge is 0.479 e. The number of carbonyl (C=O) groups excluding carboxylic acids is 3. The second kappa shape index (κ2) is 45.1. The van der Waals surface area contributed by atoms with Crippen molar-refractivity contribution in [1.82, 2.24) is 0 Å². The van der Waals surface area contributed by atoms with E-state index in [4.69, 9.17) is 23.7 Å². The van der Waals surface area contributed by atoms with Gasteiger partial charge < -0.3 is 39.0 Å². The Labute approximate surface area is 416 Å². The normalized spacial score (nSPS) is 19.3. The van der Waals surface area contributed by atoms with Crippen molar-refractivity contribution in [2.45, 2.75) is 237 Å². The first kappa shape index (κ1) is 62.9. The van der Waals surface area contributed by atoms with Gasteiger partial charge >= 0.3 is 23.9 Å². The number of esters is 3. The monoisotopic (exact) mass is 969 g/mol. The van der Waals surface area contributed by atoms with E-state index < -0.39 is 67.3 Å². The minimum atomic E-state index is -1.91. The number of aliphatic hydroxyl groups excluding tert-OH is 2. The minimum Gasteiger partial charge on any atom is -0.479 e. The molecule has 0 amide bonds. The van der Waals surface area contributed by atoms with E-state index in [1.54, 1.807) is 0 Å². The fourth-order valence-electron chi connectivity index (χ4n) is 7.38. The van der Waals surface area contributed by atoms with E-state index in [1.807, 2.05) is 6.08 Å². The van der Waals surface area contributed by atoms with Crippen molar-refractivity contribution in [2.24, 2.45) is 0 Å². The molecular formula is C57H92O12. The molecule has 1 saturated heterocycles. The van der Waals surface area contributed by atoms with Crippen LogP contribution in [0, 0.1) is 0 Å². The van der Waals surface area contributed by atoms with Gasteiger partial charge in [-0.2, -0.15) is 0 Å². The lowest BCUT2D eigenvalue weighted by Crippen LogP contribution is -2.61. The van der Waals surface area contributed by atoms with Crippen molar-refractivity contribution in [3.05, 3.63) is 85.1 Å². The van der Waals surface area contributed by atoms with E-state index in [-0.39, 0.29) is 25.9 Å². The SMILES string of the molecule is CC/C=C\C/C=C\C/C=C\C/C=C\C/C=C\CCCC(=O)OCC(COC1OC(C(=O)O)C(O)C(O)C1OC(=O)CCCCCCC/C=C\C/C=C\CCC)OC(=O)CCCCCCCCCCC. The number of carbonyl (C=O) groups is 4. The topological polar surface area (TPSA) is 175 Å². The van der Waals surface area contributed by atoms with E-state index in [0.717, 1.165) is 103 Å². The molecule has 1 heterocycles. The highest BCUT2D eigenvalue weighted by atomic mass is 16.7. The van der Waals surface area contributed by atoms with Crippen LogP contribution in [0.25, 0.3) is 0 Å². The van der Waals surface area contributed by atoms with Crippen molar-refractivity contribution >= 4 is 23.9 Å². The Bertz CT molecular complexity index is 1530. The van der Waals surface area contributed by atoms with Gasteiger partial charge in [0.2, 0.25) is 0 Å². The second-order valence-electron chi connectivity index (χ2n) is 17.8. The van der Waals surface area contributed by atoms with Crippen LogP contribution in [0.2, 0.25) is 0 Å². The third kappa shape index (κ3) is 35.6. The highest BCUT2D eigenvalue weighted by Gasteiger charge is 2.50. The predicted molar refractivity (Wildman–Crippen MR) is 275 cm³/mol. The van der Waals surface area contributed by atoms with Crippen LogP contribution in [-0.2, 0) is 42.9 Å². The molecule has 12 nitrogen and oxygen atoms in total. The molecule has 1 aliphatic rings. The first-order valence-electron chi connectivity index (χ1n) is 26.6. The van der Waals surface area contributed by atoms with Crippen LogP contribution < -0.4 is 0 Å². The van der Waals surface area contributed by atoms with E-state index in [1.165, 1.54) is 32.1 Å². The summed E-state index contributed by atoms with van der Waals surface area (Å²) in [6, 6.07) is 0. The molecule has 1 rings (SSSR count). The fourth-order valence-corrected chi connectivity index (χ4v) is 7.38. The molecule has 6 unspecified atom stereocenters. The lowest BCUT2D eigenvalue weighted by molar-refractivity contribution is -0.301. The Morgan fingerprint density at radius 2 is 0.957 bits per heavy atom. The Kier molecular flexibility index (Phi) is 41.1. The van der Waals surface area contributed by atoms with Gasteiger partial charge in [-0.05, 0) is 83.5 Å². The van der Waals surface area contributed by atoms with Gasteiger partial charge in [-0.25, -0.2) is 4.79 Å². The first-order valence-corrected chi connectivity index (χ1v) is 26.6. The summed E-state index contributed by atoms with van der Waals surface area (Å²) in [4.78, 5) is 50.8. The summed E-state index contributed by atoms with van der Waals surface area (Å²) in [6.07, 6.45) is 44.4. The van der Waals surface area contributed by atoms with Crippen LogP contribution >= 0.6 is 0 Å². The molecule has 0 radical (unpaired) electrons. The maximum absolute atomic E-state index is 13.0. The van der Waals surface area contributed by atoms with E-state index in [2.05, 4.69) is 99.8 Å². The molecule has 1 aliphatic heterocycles. The van der Waals surface area contributed by atoms with Crippen LogP contribution in [0.15, 0.2) is 85.1 Å². The van der Waals surface area contributed by atoms with Crippen molar-refractivity contribution < 1.29 is 58.2 Å². The predicted octanol–water partition coefficient (Wildman–Crippen LogP) is 12.8. The van der Waals surface area contributed by atoms with Crippen LogP contribution in [0.1, 0.15) is 201 Å². The van der Waals surface area contributed by atoms with Crippen molar-refractivity contribution in [3.63, 3.8) is 0 Å². The summed E-state index contributed by atoms with van der Waals surface area (Å²) < 4.78 is 28.2. The molecule has 0 spiro atoms. The van der Waals surface area contributed by atoms with Crippen LogP contribution in [0.5, 0.6) is 0 Å². The summed E-state index contributed by atoms with van der Waals surface area (Å²) in [7, 11) is 0. The molecule has 0 aliphatic carbocycles. The molecule has 3 N–H and O–H groups in total. The summed E-state index contributed by atoms with van der Waals surface area (Å²) in [5, 5.41) is 31.3. The molecule has 0 aromatic heterocycles. The van der Waals surface area contributed by atoms with E-state index >= 15 is 0 Å². The smallest absolute Gasteiger partial charge is 0.335 e.